The van der Waals surface area contributed by atoms with E-state index in [1.165, 1.54) is 5.56 Å². The lowest BCUT2D eigenvalue weighted by Crippen LogP contribution is -2.16. The van der Waals surface area contributed by atoms with Crippen molar-refractivity contribution >= 4 is 15.9 Å². The first kappa shape index (κ1) is 13.4. The summed E-state index contributed by atoms with van der Waals surface area (Å²) < 4.78 is 12.1. The van der Waals surface area contributed by atoms with Crippen LogP contribution in [0.1, 0.15) is 11.1 Å². The Balaban J connectivity index is 1.58. The molecule has 104 valence electrons. The van der Waals surface area contributed by atoms with E-state index in [1.807, 2.05) is 18.3 Å². The quantitative estimate of drug-likeness (QED) is 0.933. The molecule has 2 heterocycles. The Morgan fingerprint density at radius 3 is 2.65 bits per heavy atom. The number of aromatic nitrogens is 1. The van der Waals surface area contributed by atoms with Gasteiger partial charge in [0.15, 0.2) is 11.5 Å². The number of rotatable bonds is 4. The molecule has 1 aromatic heterocycles. The fourth-order valence-electron chi connectivity index (χ4n) is 2.10. The number of halogens is 1. The van der Waals surface area contributed by atoms with E-state index in [0.29, 0.717) is 13.2 Å². The van der Waals surface area contributed by atoms with Gasteiger partial charge >= 0.3 is 0 Å². The summed E-state index contributed by atoms with van der Waals surface area (Å²) in [6, 6.07) is 8.11. The molecule has 20 heavy (non-hydrogen) atoms. The van der Waals surface area contributed by atoms with Crippen LogP contribution in [0.5, 0.6) is 11.5 Å². The summed E-state index contributed by atoms with van der Waals surface area (Å²) in [6.07, 6.45) is 3.64. The zero-order chi connectivity index (χ0) is 13.8. The molecule has 0 saturated carbocycles. The minimum Gasteiger partial charge on any atom is -0.486 e. The van der Waals surface area contributed by atoms with Crippen molar-refractivity contribution in [3.63, 3.8) is 0 Å². The third kappa shape index (κ3) is 3.29. The van der Waals surface area contributed by atoms with Crippen molar-refractivity contribution in [1.29, 1.82) is 0 Å². The van der Waals surface area contributed by atoms with Gasteiger partial charge in [-0.3, -0.25) is 4.98 Å². The van der Waals surface area contributed by atoms with Crippen LogP contribution in [0.15, 0.2) is 41.1 Å². The van der Waals surface area contributed by atoms with Crippen molar-refractivity contribution in [2.45, 2.75) is 13.1 Å². The maximum absolute atomic E-state index is 5.58. The van der Waals surface area contributed by atoms with Crippen LogP contribution >= 0.6 is 15.9 Å². The second-order valence-corrected chi connectivity index (χ2v) is 5.51. The summed E-state index contributed by atoms with van der Waals surface area (Å²) in [7, 11) is 0. The zero-order valence-corrected chi connectivity index (χ0v) is 12.5. The number of pyridine rings is 1. The van der Waals surface area contributed by atoms with Gasteiger partial charge in [0.05, 0.1) is 0 Å². The first-order valence-corrected chi connectivity index (χ1v) is 7.29. The molecule has 0 radical (unpaired) electrons. The van der Waals surface area contributed by atoms with Crippen LogP contribution in [-0.4, -0.2) is 18.2 Å². The maximum atomic E-state index is 5.58. The van der Waals surface area contributed by atoms with E-state index in [4.69, 9.17) is 9.47 Å². The fourth-order valence-corrected chi connectivity index (χ4v) is 2.51. The van der Waals surface area contributed by atoms with Gasteiger partial charge in [0.1, 0.15) is 13.2 Å². The Bertz CT molecular complexity index is 604. The van der Waals surface area contributed by atoms with Crippen LogP contribution in [0.25, 0.3) is 0 Å². The number of nitrogens with zero attached hydrogens (tertiary/aromatic N) is 1. The second-order valence-electron chi connectivity index (χ2n) is 4.59. The van der Waals surface area contributed by atoms with Crippen LogP contribution in [0.4, 0.5) is 0 Å². The molecule has 0 unspecified atom stereocenters. The van der Waals surface area contributed by atoms with Gasteiger partial charge < -0.3 is 14.8 Å². The van der Waals surface area contributed by atoms with Gasteiger partial charge in [0.2, 0.25) is 0 Å². The Kier molecular flexibility index (Phi) is 4.18. The normalized spacial score (nSPS) is 13.2. The molecular weight excluding hydrogens is 320 g/mol. The minimum absolute atomic E-state index is 0.619. The van der Waals surface area contributed by atoms with Gasteiger partial charge in [0.25, 0.3) is 0 Å². The average molecular weight is 335 g/mol. The second kappa shape index (κ2) is 6.24. The van der Waals surface area contributed by atoms with Crippen molar-refractivity contribution < 1.29 is 9.47 Å². The minimum atomic E-state index is 0.619. The van der Waals surface area contributed by atoms with Gasteiger partial charge in [-0.2, -0.15) is 0 Å². The Morgan fingerprint density at radius 1 is 1.00 bits per heavy atom. The average Bonchev–Trinajstić information content (AvgIpc) is 2.47. The molecule has 0 aliphatic carbocycles. The SMILES string of the molecule is Brc1cncc(CNCc2ccc3c(c2)OCCO3)c1. The van der Waals surface area contributed by atoms with E-state index in [9.17, 15) is 0 Å². The molecule has 0 spiro atoms. The molecule has 5 heteroatoms. The summed E-state index contributed by atoms with van der Waals surface area (Å²) in [5.41, 5.74) is 2.33. The van der Waals surface area contributed by atoms with E-state index in [1.54, 1.807) is 6.20 Å². The summed E-state index contributed by atoms with van der Waals surface area (Å²) in [5.74, 6) is 1.66. The Hall–Kier alpha value is -1.59. The Labute approximate surface area is 126 Å². The predicted molar refractivity (Wildman–Crippen MR) is 79.9 cm³/mol. The molecule has 0 saturated heterocycles. The van der Waals surface area contributed by atoms with E-state index < -0.39 is 0 Å². The highest BCUT2D eigenvalue weighted by molar-refractivity contribution is 9.10. The number of benzene rings is 1. The van der Waals surface area contributed by atoms with Gasteiger partial charge in [0, 0.05) is 30.0 Å². The van der Waals surface area contributed by atoms with Crippen LogP contribution in [0, 0.1) is 0 Å². The highest BCUT2D eigenvalue weighted by atomic mass is 79.9. The van der Waals surface area contributed by atoms with Crippen molar-refractivity contribution in [2.75, 3.05) is 13.2 Å². The maximum Gasteiger partial charge on any atom is 0.161 e. The van der Waals surface area contributed by atoms with Crippen molar-refractivity contribution in [1.82, 2.24) is 10.3 Å². The highest BCUT2D eigenvalue weighted by Crippen LogP contribution is 2.30. The van der Waals surface area contributed by atoms with Crippen LogP contribution in [0.3, 0.4) is 0 Å². The first-order chi connectivity index (χ1) is 9.81. The van der Waals surface area contributed by atoms with E-state index in [-0.39, 0.29) is 0 Å². The molecule has 2 aromatic rings. The van der Waals surface area contributed by atoms with Gasteiger partial charge in [-0.05, 0) is 45.3 Å². The van der Waals surface area contributed by atoms with Crippen molar-refractivity contribution in [2.24, 2.45) is 0 Å². The molecule has 1 aliphatic heterocycles. The number of fused-ring (bicyclic) bond motifs is 1. The standard InChI is InChI=1S/C15H15BrN2O2/c16-13-5-12(9-18-10-13)8-17-7-11-1-2-14-15(6-11)20-4-3-19-14/h1-2,5-6,9-10,17H,3-4,7-8H2. The Morgan fingerprint density at radius 2 is 1.80 bits per heavy atom. The molecule has 0 atom stereocenters. The van der Waals surface area contributed by atoms with Gasteiger partial charge in [-0.25, -0.2) is 0 Å². The molecule has 1 aromatic carbocycles. The van der Waals surface area contributed by atoms with Crippen molar-refractivity contribution in [3.05, 3.63) is 52.3 Å². The van der Waals surface area contributed by atoms with E-state index in [2.05, 4.69) is 38.4 Å². The largest absolute Gasteiger partial charge is 0.486 e. The topological polar surface area (TPSA) is 43.4 Å². The molecule has 1 N–H and O–H groups in total. The lowest BCUT2D eigenvalue weighted by Gasteiger charge is -2.19. The fraction of sp³-hybridized carbons (Fsp3) is 0.267. The van der Waals surface area contributed by atoms with E-state index in [0.717, 1.165) is 34.6 Å². The third-order valence-corrected chi connectivity index (χ3v) is 3.46. The molecule has 0 fully saturated rings. The summed E-state index contributed by atoms with van der Waals surface area (Å²) in [5, 5.41) is 3.39. The van der Waals surface area contributed by atoms with Crippen molar-refractivity contribution in [3.8, 4) is 11.5 Å². The predicted octanol–water partition coefficient (Wildman–Crippen LogP) is 2.91. The molecule has 0 bridgehead atoms. The highest BCUT2D eigenvalue weighted by Gasteiger charge is 2.11. The van der Waals surface area contributed by atoms with Gasteiger partial charge in [-0.1, -0.05) is 6.07 Å². The van der Waals surface area contributed by atoms with Crippen LogP contribution in [0.2, 0.25) is 0 Å². The van der Waals surface area contributed by atoms with E-state index >= 15 is 0 Å². The van der Waals surface area contributed by atoms with Crippen LogP contribution in [-0.2, 0) is 13.1 Å². The van der Waals surface area contributed by atoms with Gasteiger partial charge in [-0.15, -0.1) is 0 Å². The smallest absolute Gasteiger partial charge is 0.161 e. The number of ether oxygens (including phenoxy) is 2. The summed E-state index contributed by atoms with van der Waals surface area (Å²) >= 11 is 3.42. The summed E-state index contributed by atoms with van der Waals surface area (Å²) in [6.45, 7) is 2.80. The third-order valence-electron chi connectivity index (χ3n) is 3.03. The monoisotopic (exact) mass is 334 g/mol. The molecule has 4 nitrogen and oxygen atoms in total. The number of hydrogen-bond acceptors (Lipinski definition) is 4. The van der Waals surface area contributed by atoms with Crippen LogP contribution < -0.4 is 14.8 Å². The molecular formula is C15H15BrN2O2. The lowest BCUT2D eigenvalue weighted by molar-refractivity contribution is 0.171. The zero-order valence-electron chi connectivity index (χ0n) is 10.9. The number of nitrogens with one attached hydrogen (secondary N) is 1. The molecule has 3 rings (SSSR count). The molecule has 1 aliphatic rings. The lowest BCUT2D eigenvalue weighted by atomic mass is 10.2. The summed E-state index contributed by atoms with van der Waals surface area (Å²) in [4.78, 5) is 4.14. The first-order valence-electron chi connectivity index (χ1n) is 6.50. The number of hydrogen-bond donors (Lipinski definition) is 1. The molecule has 0 amide bonds.